The number of H-pyrrole nitrogens is 1. The van der Waals surface area contributed by atoms with E-state index in [1.165, 1.54) is 0 Å². The van der Waals surface area contributed by atoms with Crippen LogP contribution in [-0.2, 0) is 6.54 Å². The highest BCUT2D eigenvalue weighted by molar-refractivity contribution is 5.96. The van der Waals surface area contributed by atoms with Crippen LogP contribution in [0.5, 0.6) is 0 Å². The molecule has 0 spiro atoms. The van der Waals surface area contributed by atoms with Gasteiger partial charge in [0.1, 0.15) is 11.9 Å². The molecule has 0 amide bonds. The molecule has 154 valence electrons. The number of aromatic nitrogens is 3. The Balaban J connectivity index is 1.37. The molecule has 5 rings (SSSR count). The summed E-state index contributed by atoms with van der Waals surface area (Å²) in [5, 5.41) is 11.3. The van der Waals surface area contributed by atoms with E-state index in [0.29, 0.717) is 23.3 Å². The van der Waals surface area contributed by atoms with Crippen LogP contribution in [-0.4, -0.2) is 46.0 Å². The van der Waals surface area contributed by atoms with Gasteiger partial charge in [-0.05, 0) is 24.6 Å². The smallest absolute Gasteiger partial charge is 0.258 e. The zero-order valence-electron chi connectivity index (χ0n) is 17.3. The van der Waals surface area contributed by atoms with Crippen LogP contribution in [0.4, 0.5) is 5.69 Å². The molecule has 7 nitrogen and oxygen atoms in total. The van der Waals surface area contributed by atoms with Crippen molar-refractivity contribution >= 4 is 27.5 Å². The maximum atomic E-state index is 12.3. The molecule has 0 saturated carbocycles. The molecule has 0 radical (unpaired) electrons. The number of aromatic amines is 1. The van der Waals surface area contributed by atoms with Gasteiger partial charge in [0.2, 0.25) is 0 Å². The highest BCUT2D eigenvalue weighted by Crippen LogP contribution is 2.31. The number of nitriles is 1. The molecule has 2 aromatic heterocycles. The minimum absolute atomic E-state index is 0.100. The first-order valence-corrected chi connectivity index (χ1v) is 10.4. The van der Waals surface area contributed by atoms with Crippen molar-refractivity contribution in [3.63, 3.8) is 0 Å². The van der Waals surface area contributed by atoms with Gasteiger partial charge in [0.05, 0.1) is 34.2 Å². The molecule has 31 heavy (non-hydrogen) atoms. The van der Waals surface area contributed by atoms with Crippen molar-refractivity contribution in [1.82, 2.24) is 19.9 Å². The molecule has 1 fully saturated rings. The van der Waals surface area contributed by atoms with Crippen molar-refractivity contribution in [1.29, 1.82) is 5.26 Å². The summed E-state index contributed by atoms with van der Waals surface area (Å²) in [5.74, 6) is 0.680. The van der Waals surface area contributed by atoms with Crippen molar-refractivity contribution in [2.75, 3.05) is 31.1 Å². The lowest BCUT2D eigenvalue weighted by Crippen LogP contribution is -2.46. The first kappa shape index (κ1) is 19.2. The number of pyridine rings is 1. The summed E-state index contributed by atoms with van der Waals surface area (Å²) in [7, 11) is 0. The summed E-state index contributed by atoms with van der Waals surface area (Å²) < 4.78 is 0. The molecule has 0 bridgehead atoms. The fourth-order valence-electron chi connectivity index (χ4n) is 4.33. The topological polar surface area (TPSA) is 88.9 Å². The summed E-state index contributed by atoms with van der Waals surface area (Å²) in [6, 6.07) is 15.8. The van der Waals surface area contributed by atoms with E-state index in [1.807, 2.05) is 43.3 Å². The van der Waals surface area contributed by atoms with E-state index < -0.39 is 0 Å². The van der Waals surface area contributed by atoms with Gasteiger partial charge in [-0.15, -0.1) is 0 Å². The summed E-state index contributed by atoms with van der Waals surface area (Å²) in [6.07, 6.45) is 1.68. The average Bonchev–Trinajstić information content (AvgIpc) is 2.79. The lowest BCUT2D eigenvalue weighted by molar-refractivity contribution is 0.244. The zero-order chi connectivity index (χ0) is 21.4. The van der Waals surface area contributed by atoms with E-state index in [2.05, 4.69) is 30.8 Å². The van der Waals surface area contributed by atoms with Gasteiger partial charge in [-0.1, -0.05) is 30.3 Å². The fraction of sp³-hybridized carbons (Fsp3) is 0.250. The number of nitrogens with zero attached hydrogens (tertiary/aromatic N) is 5. The van der Waals surface area contributed by atoms with E-state index in [1.54, 1.807) is 12.3 Å². The molecule has 7 heteroatoms. The Morgan fingerprint density at radius 2 is 1.84 bits per heavy atom. The number of hydrogen-bond acceptors (Lipinski definition) is 6. The van der Waals surface area contributed by atoms with Gasteiger partial charge in [-0.2, -0.15) is 5.26 Å². The highest BCUT2D eigenvalue weighted by atomic mass is 16.1. The van der Waals surface area contributed by atoms with Crippen LogP contribution in [0.3, 0.4) is 0 Å². The van der Waals surface area contributed by atoms with Gasteiger partial charge >= 0.3 is 0 Å². The lowest BCUT2D eigenvalue weighted by Gasteiger charge is -2.36. The lowest BCUT2D eigenvalue weighted by atomic mass is 10.0. The first-order chi connectivity index (χ1) is 15.1. The highest BCUT2D eigenvalue weighted by Gasteiger charge is 2.22. The molecule has 0 atom stereocenters. The number of benzene rings is 2. The van der Waals surface area contributed by atoms with Crippen molar-refractivity contribution in [2.24, 2.45) is 0 Å². The van der Waals surface area contributed by atoms with E-state index in [4.69, 9.17) is 0 Å². The third-order valence-electron chi connectivity index (χ3n) is 5.91. The minimum Gasteiger partial charge on any atom is -0.367 e. The second kappa shape index (κ2) is 7.82. The number of aryl methyl sites for hydroxylation is 1. The molecular formula is C24H22N6O. The largest absolute Gasteiger partial charge is 0.367 e. The molecule has 0 unspecified atom stereocenters. The molecule has 4 aromatic rings. The Labute approximate surface area is 179 Å². The van der Waals surface area contributed by atoms with Crippen LogP contribution in [0.1, 0.15) is 17.0 Å². The van der Waals surface area contributed by atoms with E-state index in [9.17, 15) is 10.1 Å². The third-order valence-corrected chi connectivity index (χ3v) is 5.91. The summed E-state index contributed by atoms with van der Waals surface area (Å²) in [5.41, 5.74) is 4.24. The number of anilines is 1. The van der Waals surface area contributed by atoms with Crippen LogP contribution in [0.2, 0.25) is 0 Å². The zero-order valence-corrected chi connectivity index (χ0v) is 17.3. The second-order valence-electron chi connectivity index (χ2n) is 7.90. The van der Waals surface area contributed by atoms with E-state index in [-0.39, 0.29) is 5.56 Å². The Morgan fingerprint density at radius 3 is 2.65 bits per heavy atom. The average molecular weight is 410 g/mol. The second-order valence-corrected chi connectivity index (χ2v) is 7.90. The van der Waals surface area contributed by atoms with E-state index in [0.717, 1.165) is 53.8 Å². The number of rotatable bonds is 3. The maximum Gasteiger partial charge on any atom is 0.258 e. The molecular weight excluding hydrogens is 388 g/mol. The quantitative estimate of drug-likeness (QED) is 0.559. The summed E-state index contributed by atoms with van der Waals surface area (Å²) in [6.45, 7) is 5.85. The Bertz CT molecular complexity index is 1380. The minimum atomic E-state index is -0.100. The van der Waals surface area contributed by atoms with Crippen LogP contribution >= 0.6 is 0 Å². The van der Waals surface area contributed by atoms with Gasteiger partial charge in [-0.3, -0.25) is 14.7 Å². The van der Waals surface area contributed by atoms with Crippen molar-refractivity contribution in [2.45, 2.75) is 13.5 Å². The number of nitrogens with one attached hydrogen (secondary N) is 1. The van der Waals surface area contributed by atoms with Crippen molar-refractivity contribution in [3.05, 3.63) is 76.0 Å². The normalized spacial score (nSPS) is 14.8. The van der Waals surface area contributed by atoms with Gasteiger partial charge in [-0.25, -0.2) is 4.98 Å². The third kappa shape index (κ3) is 3.51. The van der Waals surface area contributed by atoms with Gasteiger partial charge in [0.25, 0.3) is 5.56 Å². The Kier molecular flexibility index (Phi) is 4.85. The van der Waals surface area contributed by atoms with E-state index >= 15 is 0 Å². The Hall–Kier alpha value is -3.76. The SMILES string of the molecule is Cc1cccc2c(N3CCN(Cc4nc5ccccc5c(=O)[nH]4)CC3)c(C#N)cnc12. The van der Waals surface area contributed by atoms with Gasteiger partial charge in [0, 0.05) is 37.8 Å². The predicted octanol–water partition coefficient (Wildman–Crippen LogP) is 2.97. The van der Waals surface area contributed by atoms with Crippen LogP contribution in [0.15, 0.2) is 53.5 Å². The number of para-hydroxylation sites is 2. The number of fused-ring (bicyclic) bond motifs is 2. The molecule has 2 aromatic carbocycles. The maximum absolute atomic E-state index is 12.3. The van der Waals surface area contributed by atoms with Crippen molar-refractivity contribution < 1.29 is 0 Å². The summed E-state index contributed by atoms with van der Waals surface area (Å²) >= 11 is 0. The van der Waals surface area contributed by atoms with Gasteiger partial charge < -0.3 is 9.88 Å². The number of piperazine rings is 1. The monoisotopic (exact) mass is 410 g/mol. The van der Waals surface area contributed by atoms with Crippen LogP contribution < -0.4 is 10.5 Å². The molecule has 3 heterocycles. The van der Waals surface area contributed by atoms with Gasteiger partial charge in [0.15, 0.2) is 0 Å². The van der Waals surface area contributed by atoms with Crippen LogP contribution in [0.25, 0.3) is 21.8 Å². The molecule has 0 aliphatic carbocycles. The van der Waals surface area contributed by atoms with Crippen LogP contribution in [0, 0.1) is 18.3 Å². The summed E-state index contributed by atoms with van der Waals surface area (Å²) in [4.78, 5) is 28.9. The molecule has 1 saturated heterocycles. The van der Waals surface area contributed by atoms with Crippen molar-refractivity contribution in [3.8, 4) is 6.07 Å². The fourth-order valence-corrected chi connectivity index (χ4v) is 4.33. The first-order valence-electron chi connectivity index (χ1n) is 10.4. The standard InChI is InChI=1S/C24H22N6O/c1-16-5-4-7-19-22(16)26-14-17(13-25)23(19)30-11-9-29(10-12-30)15-21-27-20-8-3-2-6-18(20)24(31)28-21/h2-8,14H,9-12,15H2,1H3,(H,27,28,31). The Morgan fingerprint density at radius 1 is 1.06 bits per heavy atom. The molecule has 1 aliphatic rings. The predicted molar refractivity (Wildman–Crippen MR) is 121 cm³/mol. The molecule has 1 aliphatic heterocycles. The number of hydrogen-bond donors (Lipinski definition) is 1. The molecule has 1 N–H and O–H groups in total.